The van der Waals surface area contributed by atoms with Gasteiger partial charge in [-0.3, -0.25) is 0 Å². The number of allylic oxidation sites excluding steroid dienone is 1. The highest BCUT2D eigenvalue weighted by molar-refractivity contribution is 5.08. The molecule has 0 aliphatic carbocycles. The molecule has 0 aromatic heterocycles. The van der Waals surface area contributed by atoms with Crippen molar-refractivity contribution in [3.05, 3.63) is 24.0 Å². The fraction of sp³-hybridized carbons (Fsp3) is 0.556. The molecule has 0 aliphatic heterocycles. The van der Waals surface area contributed by atoms with E-state index < -0.39 is 12.2 Å². The Morgan fingerprint density at radius 2 is 1.92 bits per heavy atom. The van der Waals surface area contributed by atoms with Gasteiger partial charge in [0.2, 0.25) is 0 Å². The highest BCUT2D eigenvalue weighted by atomic mass is 16.4. The summed E-state index contributed by atoms with van der Waals surface area (Å²) in [5.41, 5.74) is 0.602. The molecule has 0 aromatic carbocycles. The van der Waals surface area contributed by atoms with E-state index in [-0.39, 0.29) is 12.2 Å². The van der Waals surface area contributed by atoms with Gasteiger partial charge >= 0.3 is 0 Å². The zero-order valence-electron chi connectivity index (χ0n) is 7.49. The number of aliphatic hydroxyl groups is 3. The van der Waals surface area contributed by atoms with Gasteiger partial charge in [0, 0.05) is 0 Å². The van der Waals surface area contributed by atoms with E-state index >= 15 is 0 Å². The standard InChI is InChI=1S/C9H16O3/c1-4-5-7(10)9(12)8(11)6(2)3/h4,7,9-12H,1,5H2,2-3H3. The fourth-order valence-corrected chi connectivity index (χ4v) is 0.778. The van der Waals surface area contributed by atoms with Crippen molar-refractivity contribution in [2.75, 3.05) is 0 Å². The van der Waals surface area contributed by atoms with Crippen LogP contribution in [0.1, 0.15) is 20.3 Å². The lowest BCUT2D eigenvalue weighted by molar-refractivity contribution is 0.0192. The molecule has 0 saturated carbocycles. The van der Waals surface area contributed by atoms with Crippen LogP contribution in [0.4, 0.5) is 0 Å². The highest BCUT2D eigenvalue weighted by Gasteiger charge is 2.19. The maximum atomic E-state index is 9.28. The molecule has 3 nitrogen and oxygen atoms in total. The Morgan fingerprint density at radius 1 is 1.42 bits per heavy atom. The predicted octanol–water partition coefficient (Wildman–Crippen LogP) is 1.14. The minimum atomic E-state index is -1.20. The second-order valence-corrected chi connectivity index (χ2v) is 2.92. The lowest BCUT2D eigenvalue weighted by Gasteiger charge is -2.16. The summed E-state index contributed by atoms with van der Waals surface area (Å²) < 4.78 is 0. The zero-order valence-corrected chi connectivity index (χ0v) is 7.49. The second-order valence-electron chi connectivity index (χ2n) is 2.92. The molecule has 0 bridgehead atoms. The van der Waals surface area contributed by atoms with Gasteiger partial charge in [-0.05, 0) is 25.8 Å². The first-order valence-corrected chi connectivity index (χ1v) is 3.84. The molecule has 0 saturated heterocycles. The van der Waals surface area contributed by atoms with Gasteiger partial charge < -0.3 is 15.3 Å². The van der Waals surface area contributed by atoms with Crippen LogP contribution in [-0.4, -0.2) is 27.5 Å². The molecular formula is C9H16O3. The van der Waals surface area contributed by atoms with Crippen LogP contribution in [0.15, 0.2) is 24.0 Å². The molecule has 3 N–H and O–H groups in total. The third-order valence-corrected chi connectivity index (χ3v) is 1.57. The average molecular weight is 172 g/mol. The van der Waals surface area contributed by atoms with E-state index in [4.69, 9.17) is 0 Å². The summed E-state index contributed by atoms with van der Waals surface area (Å²) in [6.45, 7) is 6.75. The van der Waals surface area contributed by atoms with E-state index in [2.05, 4.69) is 6.58 Å². The average Bonchev–Trinajstić information content (AvgIpc) is 2.02. The van der Waals surface area contributed by atoms with Crippen LogP contribution in [0.25, 0.3) is 0 Å². The van der Waals surface area contributed by atoms with E-state index in [0.29, 0.717) is 5.57 Å². The van der Waals surface area contributed by atoms with Gasteiger partial charge in [-0.25, -0.2) is 0 Å². The molecule has 3 heteroatoms. The molecule has 0 aromatic rings. The molecule has 0 heterocycles. The number of hydrogen-bond donors (Lipinski definition) is 3. The Hall–Kier alpha value is -0.800. The van der Waals surface area contributed by atoms with Crippen molar-refractivity contribution in [1.29, 1.82) is 0 Å². The number of rotatable bonds is 4. The van der Waals surface area contributed by atoms with Crippen molar-refractivity contribution >= 4 is 0 Å². The molecule has 0 rings (SSSR count). The monoisotopic (exact) mass is 172 g/mol. The van der Waals surface area contributed by atoms with Crippen LogP contribution >= 0.6 is 0 Å². The molecule has 12 heavy (non-hydrogen) atoms. The largest absolute Gasteiger partial charge is 0.510 e. The van der Waals surface area contributed by atoms with Crippen LogP contribution < -0.4 is 0 Å². The molecule has 2 unspecified atom stereocenters. The third-order valence-electron chi connectivity index (χ3n) is 1.57. The number of hydrogen-bond acceptors (Lipinski definition) is 3. The summed E-state index contributed by atoms with van der Waals surface area (Å²) in [4.78, 5) is 0. The Bertz CT molecular complexity index is 180. The van der Waals surface area contributed by atoms with Gasteiger partial charge in [-0.15, -0.1) is 6.58 Å². The Labute approximate surface area is 72.7 Å². The normalized spacial score (nSPS) is 15.0. The van der Waals surface area contributed by atoms with Crippen LogP contribution in [-0.2, 0) is 0 Å². The topological polar surface area (TPSA) is 60.7 Å². The highest BCUT2D eigenvalue weighted by Crippen LogP contribution is 2.11. The molecular weight excluding hydrogens is 156 g/mol. The van der Waals surface area contributed by atoms with E-state index in [1.54, 1.807) is 13.8 Å². The minimum absolute atomic E-state index is 0.163. The SMILES string of the molecule is C=CCC(O)C(O)C(O)=C(C)C. The quantitative estimate of drug-likeness (QED) is 0.440. The maximum Gasteiger partial charge on any atom is 0.137 e. The van der Waals surface area contributed by atoms with Crippen molar-refractivity contribution in [3.63, 3.8) is 0 Å². The Balaban J connectivity index is 4.28. The Kier molecular flexibility index (Phi) is 4.62. The number of aliphatic hydroxyl groups excluding tert-OH is 3. The Morgan fingerprint density at radius 3 is 2.25 bits per heavy atom. The molecule has 2 atom stereocenters. The van der Waals surface area contributed by atoms with E-state index in [1.807, 2.05) is 0 Å². The minimum Gasteiger partial charge on any atom is -0.510 e. The first kappa shape index (κ1) is 11.2. The van der Waals surface area contributed by atoms with Gasteiger partial charge in [0.05, 0.1) is 6.10 Å². The van der Waals surface area contributed by atoms with Crippen molar-refractivity contribution in [2.24, 2.45) is 0 Å². The summed E-state index contributed by atoms with van der Waals surface area (Å²) in [6, 6.07) is 0. The van der Waals surface area contributed by atoms with E-state index in [0.717, 1.165) is 0 Å². The summed E-state index contributed by atoms with van der Waals surface area (Å²) >= 11 is 0. The van der Waals surface area contributed by atoms with Crippen LogP contribution in [0.5, 0.6) is 0 Å². The third kappa shape index (κ3) is 3.07. The molecule has 70 valence electrons. The molecule has 0 radical (unpaired) electrons. The maximum absolute atomic E-state index is 9.28. The summed E-state index contributed by atoms with van der Waals surface area (Å²) in [5.74, 6) is -0.163. The first-order valence-electron chi connectivity index (χ1n) is 3.84. The van der Waals surface area contributed by atoms with Gasteiger partial charge in [0.25, 0.3) is 0 Å². The van der Waals surface area contributed by atoms with Crippen molar-refractivity contribution in [2.45, 2.75) is 32.5 Å². The smallest absolute Gasteiger partial charge is 0.137 e. The zero-order chi connectivity index (χ0) is 9.72. The lowest BCUT2D eigenvalue weighted by atomic mass is 10.1. The first-order chi connectivity index (χ1) is 5.50. The van der Waals surface area contributed by atoms with Gasteiger partial charge in [0.1, 0.15) is 11.9 Å². The van der Waals surface area contributed by atoms with Crippen molar-refractivity contribution < 1.29 is 15.3 Å². The lowest BCUT2D eigenvalue weighted by Crippen LogP contribution is -2.27. The molecule has 0 amide bonds. The van der Waals surface area contributed by atoms with Crippen LogP contribution in [0.3, 0.4) is 0 Å². The van der Waals surface area contributed by atoms with Crippen LogP contribution in [0, 0.1) is 0 Å². The van der Waals surface area contributed by atoms with Crippen LogP contribution in [0.2, 0.25) is 0 Å². The predicted molar refractivity (Wildman–Crippen MR) is 47.8 cm³/mol. The van der Waals surface area contributed by atoms with Gasteiger partial charge in [-0.2, -0.15) is 0 Å². The molecule has 0 spiro atoms. The van der Waals surface area contributed by atoms with Gasteiger partial charge in [0.15, 0.2) is 0 Å². The van der Waals surface area contributed by atoms with Gasteiger partial charge in [-0.1, -0.05) is 6.08 Å². The summed E-state index contributed by atoms with van der Waals surface area (Å²) in [6.07, 6.45) is -0.421. The van der Waals surface area contributed by atoms with Crippen molar-refractivity contribution in [3.8, 4) is 0 Å². The van der Waals surface area contributed by atoms with E-state index in [9.17, 15) is 15.3 Å². The van der Waals surface area contributed by atoms with Crippen molar-refractivity contribution in [1.82, 2.24) is 0 Å². The second kappa shape index (κ2) is 4.95. The summed E-state index contributed by atoms with van der Waals surface area (Å²) in [7, 11) is 0. The van der Waals surface area contributed by atoms with E-state index in [1.165, 1.54) is 6.08 Å². The molecule has 0 aliphatic rings. The molecule has 0 fully saturated rings. The fourth-order valence-electron chi connectivity index (χ4n) is 0.778. The summed E-state index contributed by atoms with van der Waals surface area (Å²) in [5, 5.41) is 27.7.